The second kappa shape index (κ2) is 17.7. The van der Waals surface area contributed by atoms with Crippen molar-refractivity contribution in [1.82, 2.24) is 9.13 Å². The van der Waals surface area contributed by atoms with Crippen LogP contribution in [-0.2, 0) is 0 Å². The van der Waals surface area contributed by atoms with E-state index in [2.05, 4.69) is 300 Å². The Morgan fingerprint density at radius 2 is 0.538 bits per heavy atom. The van der Waals surface area contributed by atoms with Gasteiger partial charge in [-0.2, -0.15) is 0 Å². The maximum absolute atomic E-state index is 2.49. The van der Waals surface area contributed by atoms with Crippen molar-refractivity contribution in [1.29, 1.82) is 0 Å². The molecular formula is C76H48N2. The van der Waals surface area contributed by atoms with Crippen molar-refractivity contribution in [3.05, 3.63) is 291 Å². The molecule has 14 aromatic carbocycles. The molecule has 16 aromatic rings. The molecule has 0 aliphatic rings. The van der Waals surface area contributed by atoms with Gasteiger partial charge in [0.1, 0.15) is 0 Å². The molecule has 0 radical (unpaired) electrons. The first-order valence-electron chi connectivity index (χ1n) is 27.0. The van der Waals surface area contributed by atoms with Crippen LogP contribution in [0.2, 0.25) is 0 Å². The van der Waals surface area contributed by atoms with Crippen LogP contribution in [-0.4, -0.2) is 9.13 Å². The van der Waals surface area contributed by atoms with Crippen LogP contribution in [0.1, 0.15) is 0 Å². The van der Waals surface area contributed by atoms with E-state index in [1.165, 1.54) is 97.7 Å². The first kappa shape index (κ1) is 44.1. The predicted octanol–water partition coefficient (Wildman–Crippen LogP) is 20.8. The van der Waals surface area contributed by atoms with Gasteiger partial charge in [0.05, 0.1) is 22.8 Å². The van der Waals surface area contributed by atoms with Crippen molar-refractivity contribution in [2.45, 2.75) is 0 Å². The SMILES string of the molecule is c1ccc(-c2ccc(-c3ccccc3)n2-c2ccc3c(-c4ccc5c6cccc7cccc(c8cccc4c85)c76)c4cc(-n5c(-c6ccccc6)ccc5-c5ccccc5)ccc4c(-c4cccc5ccccc45)c3c2)cc1. The van der Waals surface area contributed by atoms with Crippen LogP contribution in [0.15, 0.2) is 291 Å². The Labute approximate surface area is 451 Å². The number of hydrogen-bond donors (Lipinski definition) is 0. The summed E-state index contributed by atoms with van der Waals surface area (Å²) in [7, 11) is 0. The highest BCUT2D eigenvalue weighted by molar-refractivity contribution is 6.35. The van der Waals surface area contributed by atoms with Gasteiger partial charge >= 0.3 is 0 Å². The van der Waals surface area contributed by atoms with Crippen LogP contribution in [0.5, 0.6) is 0 Å². The smallest absolute Gasteiger partial charge is 0.0535 e. The van der Waals surface area contributed by atoms with Crippen LogP contribution >= 0.6 is 0 Å². The zero-order valence-corrected chi connectivity index (χ0v) is 42.6. The summed E-state index contributed by atoms with van der Waals surface area (Å²) in [5, 5.41) is 17.5. The summed E-state index contributed by atoms with van der Waals surface area (Å²) in [6.07, 6.45) is 0. The monoisotopic (exact) mass is 988 g/mol. The maximum atomic E-state index is 2.49. The summed E-state index contributed by atoms with van der Waals surface area (Å²) in [5.74, 6) is 0. The number of benzene rings is 14. The second-order valence-corrected chi connectivity index (χ2v) is 20.7. The van der Waals surface area contributed by atoms with Crippen LogP contribution < -0.4 is 0 Å². The fraction of sp³-hybridized carbons (Fsp3) is 0. The molecule has 78 heavy (non-hydrogen) atoms. The van der Waals surface area contributed by atoms with Crippen molar-refractivity contribution in [3.63, 3.8) is 0 Å². The van der Waals surface area contributed by atoms with Gasteiger partial charge in [0.2, 0.25) is 0 Å². The van der Waals surface area contributed by atoms with E-state index in [0.717, 1.165) is 56.4 Å². The van der Waals surface area contributed by atoms with Gasteiger partial charge in [-0.1, -0.05) is 243 Å². The Hall–Kier alpha value is -10.3. The summed E-state index contributed by atoms with van der Waals surface area (Å²) in [6.45, 7) is 0. The van der Waals surface area contributed by atoms with Crippen molar-refractivity contribution in [2.75, 3.05) is 0 Å². The van der Waals surface area contributed by atoms with Crippen LogP contribution in [0.25, 0.3) is 154 Å². The molecule has 0 bridgehead atoms. The zero-order chi connectivity index (χ0) is 51.3. The summed E-state index contributed by atoms with van der Waals surface area (Å²) < 4.78 is 4.93. The quantitative estimate of drug-likeness (QED) is 0.106. The minimum atomic E-state index is 1.10. The molecule has 0 N–H and O–H groups in total. The third-order valence-electron chi connectivity index (χ3n) is 16.5. The number of hydrogen-bond acceptors (Lipinski definition) is 0. The molecule has 0 atom stereocenters. The fourth-order valence-electron chi connectivity index (χ4n) is 13.1. The second-order valence-electron chi connectivity index (χ2n) is 20.7. The lowest BCUT2D eigenvalue weighted by molar-refractivity contribution is 1.10. The maximum Gasteiger partial charge on any atom is 0.0535 e. The predicted molar refractivity (Wildman–Crippen MR) is 331 cm³/mol. The Balaban J connectivity index is 1.08. The highest BCUT2D eigenvalue weighted by Crippen LogP contribution is 2.51. The molecule has 0 fully saturated rings. The topological polar surface area (TPSA) is 9.86 Å². The fourth-order valence-corrected chi connectivity index (χ4v) is 13.1. The molecule has 0 aliphatic carbocycles. The van der Waals surface area contributed by atoms with Gasteiger partial charge in [-0.25, -0.2) is 0 Å². The average Bonchev–Trinajstić information content (AvgIpc) is 4.26. The van der Waals surface area contributed by atoms with E-state index in [-0.39, 0.29) is 0 Å². The van der Waals surface area contributed by atoms with Gasteiger partial charge in [0.15, 0.2) is 0 Å². The van der Waals surface area contributed by atoms with E-state index in [1.807, 2.05) is 0 Å². The molecule has 0 aliphatic heterocycles. The first-order valence-corrected chi connectivity index (χ1v) is 27.0. The lowest BCUT2D eigenvalue weighted by Gasteiger charge is -2.23. The highest BCUT2D eigenvalue weighted by Gasteiger charge is 2.25. The van der Waals surface area contributed by atoms with Gasteiger partial charge < -0.3 is 9.13 Å². The molecule has 362 valence electrons. The van der Waals surface area contributed by atoms with E-state index in [0.29, 0.717) is 0 Å². The molecule has 0 unspecified atom stereocenters. The molecule has 2 nitrogen and oxygen atoms in total. The van der Waals surface area contributed by atoms with E-state index in [1.54, 1.807) is 0 Å². The van der Waals surface area contributed by atoms with E-state index >= 15 is 0 Å². The Morgan fingerprint density at radius 1 is 0.192 bits per heavy atom. The number of fused-ring (bicyclic) bond motifs is 5. The third-order valence-corrected chi connectivity index (χ3v) is 16.5. The number of aromatic nitrogens is 2. The summed E-state index contributed by atoms with van der Waals surface area (Å²) in [6, 6.07) is 108. The summed E-state index contributed by atoms with van der Waals surface area (Å²) >= 11 is 0. The van der Waals surface area contributed by atoms with Gasteiger partial charge in [0.25, 0.3) is 0 Å². The van der Waals surface area contributed by atoms with Gasteiger partial charge in [-0.15, -0.1) is 0 Å². The Bertz CT molecular complexity index is 4820. The Kier molecular flexibility index (Phi) is 9.98. The average molecular weight is 989 g/mol. The molecule has 2 aromatic heterocycles. The molecule has 16 rings (SSSR count). The van der Waals surface area contributed by atoms with Gasteiger partial charge in [0, 0.05) is 11.4 Å². The number of nitrogens with zero attached hydrogens (tertiary/aromatic N) is 2. The van der Waals surface area contributed by atoms with Crippen molar-refractivity contribution in [2.24, 2.45) is 0 Å². The zero-order valence-electron chi connectivity index (χ0n) is 42.6. The number of rotatable bonds is 8. The van der Waals surface area contributed by atoms with Crippen LogP contribution in [0.3, 0.4) is 0 Å². The van der Waals surface area contributed by atoms with Crippen LogP contribution in [0, 0.1) is 0 Å². The molecule has 0 spiro atoms. The minimum absolute atomic E-state index is 1.10. The molecule has 2 heterocycles. The van der Waals surface area contributed by atoms with E-state index in [9.17, 15) is 0 Å². The summed E-state index contributed by atoms with van der Waals surface area (Å²) in [5.41, 5.74) is 16.3. The molecule has 0 amide bonds. The molecule has 2 heteroatoms. The van der Waals surface area contributed by atoms with E-state index in [4.69, 9.17) is 0 Å². The lowest BCUT2D eigenvalue weighted by atomic mass is 9.82. The third kappa shape index (κ3) is 6.77. The largest absolute Gasteiger partial charge is 0.309 e. The highest BCUT2D eigenvalue weighted by atomic mass is 15.0. The van der Waals surface area contributed by atoms with Crippen molar-refractivity contribution in [3.8, 4) is 78.7 Å². The Morgan fingerprint density at radius 3 is 1.04 bits per heavy atom. The molecule has 0 saturated heterocycles. The van der Waals surface area contributed by atoms with Crippen molar-refractivity contribution < 1.29 is 0 Å². The normalized spacial score (nSPS) is 11.8. The first-order chi connectivity index (χ1) is 38.7. The minimum Gasteiger partial charge on any atom is -0.309 e. The molecular weight excluding hydrogens is 941 g/mol. The van der Waals surface area contributed by atoms with Gasteiger partial charge in [-0.3, -0.25) is 0 Å². The lowest BCUT2D eigenvalue weighted by Crippen LogP contribution is -2.02. The van der Waals surface area contributed by atoms with Gasteiger partial charge in [-0.05, 0) is 168 Å². The standard InChI is InChI=1S/C76H48N2/c1-5-20-50(21-6-1)69-43-44-70(51-22-7-2-8-23-51)77(69)55-38-40-66-67(47-55)75(58-32-15-28-49-19-13-14-31-57(49)58)65-39-37-56(78-71(52-24-9-3-10-25-52)45-46-72(78)53-26-11-4-12-27-53)48-68(65)76(66)64-42-41-63-60-34-17-30-54-29-16-33-59(73(54)60)61-35-18-36-62(64)74(61)63/h1-48H. The van der Waals surface area contributed by atoms with Crippen LogP contribution in [0.4, 0.5) is 0 Å². The summed E-state index contributed by atoms with van der Waals surface area (Å²) in [4.78, 5) is 0. The molecule has 0 saturated carbocycles. The van der Waals surface area contributed by atoms with E-state index < -0.39 is 0 Å². The van der Waals surface area contributed by atoms with Crippen molar-refractivity contribution >= 4 is 75.4 Å².